The van der Waals surface area contributed by atoms with Crippen molar-refractivity contribution in [3.63, 3.8) is 0 Å². The molecule has 0 aliphatic carbocycles. The summed E-state index contributed by atoms with van der Waals surface area (Å²) in [7, 11) is 0. The molecule has 0 aromatic carbocycles. The molecule has 18 heavy (non-hydrogen) atoms. The minimum Gasteiger partial charge on any atom is -0.462 e. The molecule has 0 heterocycles. The molecular formula is C12H22F3NO2. The first-order valence-corrected chi connectivity index (χ1v) is 6.26. The number of ether oxygens (including phenoxy) is 1. The summed E-state index contributed by atoms with van der Waals surface area (Å²) in [4.78, 5) is 11.7. The summed E-state index contributed by atoms with van der Waals surface area (Å²) >= 11 is 0. The molecule has 0 radical (unpaired) electrons. The summed E-state index contributed by atoms with van der Waals surface area (Å²) < 4.78 is 42.7. The van der Waals surface area contributed by atoms with E-state index in [2.05, 4.69) is 0 Å². The van der Waals surface area contributed by atoms with Crippen LogP contribution in [-0.4, -0.2) is 24.3 Å². The molecule has 3 atom stereocenters. The number of nitrogens with two attached hydrogens (primary N) is 1. The first-order chi connectivity index (χ1) is 8.23. The van der Waals surface area contributed by atoms with Gasteiger partial charge in [0.15, 0.2) is 0 Å². The first-order valence-electron chi connectivity index (χ1n) is 6.26. The fourth-order valence-electron chi connectivity index (χ4n) is 1.47. The van der Waals surface area contributed by atoms with Crippen molar-refractivity contribution in [1.29, 1.82) is 0 Å². The Morgan fingerprint density at radius 1 is 1.33 bits per heavy atom. The Labute approximate surface area is 106 Å². The number of alkyl halides is 3. The Morgan fingerprint density at radius 2 is 1.89 bits per heavy atom. The van der Waals surface area contributed by atoms with E-state index in [0.29, 0.717) is 19.3 Å². The number of hydrogen-bond donors (Lipinski definition) is 1. The lowest BCUT2D eigenvalue weighted by molar-refractivity contribution is -0.179. The topological polar surface area (TPSA) is 52.3 Å². The van der Waals surface area contributed by atoms with Crippen molar-refractivity contribution < 1.29 is 22.7 Å². The number of carbonyl (C=O) groups is 1. The Bertz CT molecular complexity index is 256. The predicted molar refractivity (Wildman–Crippen MR) is 62.9 cm³/mol. The van der Waals surface area contributed by atoms with Crippen LogP contribution in [0, 0.1) is 5.92 Å². The van der Waals surface area contributed by atoms with E-state index in [9.17, 15) is 18.0 Å². The van der Waals surface area contributed by atoms with E-state index in [1.807, 2.05) is 6.92 Å². The summed E-state index contributed by atoms with van der Waals surface area (Å²) in [5, 5.41) is 0. The molecule has 0 aliphatic rings. The summed E-state index contributed by atoms with van der Waals surface area (Å²) in [6.07, 6.45) is -3.07. The van der Waals surface area contributed by atoms with E-state index in [4.69, 9.17) is 10.5 Å². The van der Waals surface area contributed by atoms with Crippen molar-refractivity contribution in [2.24, 2.45) is 11.7 Å². The van der Waals surface area contributed by atoms with Crippen LogP contribution in [0.3, 0.4) is 0 Å². The van der Waals surface area contributed by atoms with Crippen molar-refractivity contribution in [1.82, 2.24) is 0 Å². The average molecular weight is 269 g/mol. The Balaban J connectivity index is 4.71. The van der Waals surface area contributed by atoms with Gasteiger partial charge in [-0.3, -0.25) is 4.79 Å². The maximum absolute atomic E-state index is 12.6. The van der Waals surface area contributed by atoms with Gasteiger partial charge < -0.3 is 10.5 Å². The highest BCUT2D eigenvalue weighted by Gasteiger charge is 2.45. The van der Waals surface area contributed by atoms with Crippen LogP contribution in [0.4, 0.5) is 13.2 Å². The van der Waals surface area contributed by atoms with Crippen LogP contribution in [0.2, 0.25) is 0 Å². The van der Waals surface area contributed by atoms with Gasteiger partial charge in [-0.25, -0.2) is 0 Å². The second kappa shape index (κ2) is 7.61. The maximum Gasteiger partial charge on any atom is 0.404 e. The van der Waals surface area contributed by atoms with Crippen LogP contribution in [0.5, 0.6) is 0 Å². The molecule has 0 saturated carbocycles. The molecule has 1 unspecified atom stereocenters. The Hall–Kier alpha value is -0.780. The SMILES string of the molecule is CCCC[C@@H](C(=O)OC(C)CC)[C@@H](N)C(F)(F)F. The first kappa shape index (κ1) is 17.2. The highest BCUT2D eigenvalue weighted by molar-refractivity contribution is 5.73. The number of carbonyl (C=O) groups excluding carboxylic acids is 1. The zero-order chi connectivity index (χ0) is 14.3. The van der Waals surface area contributed by atoms with Gasteiger partial charge in [0.05, 0.1) is 12.0 Å². The predicted octanol–water partition coefficient (Wildman–Crippen LogP) is 3.02. The minimum absolute atomic E-state index is 0.104. The maximum atomic E-state index is 12.6. The molecule has 2 N–H and O–H groups in total. The molecule has 3 nitrogen and oxygen atoms in total. The van der Waals surface area contributed by atoms with Gasteiger partial charge in [0.25, 0.3) is 0 Å². The van der Waals surface area contributed by atoms with Crippen LogP contribution in [0.1, 0.15) is 46.5 Å². The molecule has 0 bridgehead atoms. The van der Waals surface area contributed by atoms with Gasteiger partial charge in [-0.15, -0.1) is 0 Å². The molecule has 0 aromatic rings. The molecule has 0 spiro atoms. The van der Waals surface area contributed by atoms with E-state index in [1.165, 1.54) is 0 Å². The fourth-order valence-corrected chi connectivity index (χ4v) is 1.47. The molecule has 108 valence electrons. The van der Waals surface area contributed by atoms with Crippen LogP contribution in [0.15, 0.2) is 0 Å². The average Bonchev–Trinajstić information content (AvgIpc) is 2.27. The number of rotatable bonds is 7. The summed E-state index contributed by atoms with van der Waals surface area (Å²) in [6, 6.07) is -2.15. The van der Waals surface area contributed by atoms with Gasteiger partial charge in [0.2, 0.25) is 0 Å². The normalized spacial score (nSPS) is 17.1. The molecule has 0 saturated heterocycles. The zero-order valence-electron chi connectivity index (χ0n) is 11.1. The number of hydrogen-bond acceptors (Lipinski definition) is 3. The fraction of sp³-hybridized carbons (Fsp3) is 0.917. The van der Waals surface area contributed by atoms with Crippen LogP contribution >= 0.6 is 0 Å². The van der Waals surface area contributed by atoms with Gasteiger partial charge in [-0.1, -0.05) is 26.7 Å². The van der Waals surface area contributed by atoms with Crippen molar-refractivity contribution in [2.75, 3.05) is 0 Å². The molecule has 0 aromatic heterocycles. The molecule has 0 aliphatic heterocycles. The number of halogens is 3. The lowest BCUT2D eigenvalue weighted by atomic mass is 9.94. The summed E-state index contributed by atoms with van der Waals surface area (Å²) in [6.45, 7) is 5.28. The van der Waals surface area contributed by atoms with E-state index in [1.54, 1.807) is 13.8 Å². The van der Waals surface area contributed by atoms with E-state index >= 15 is 0 Å². The van der Waals surface area contributed by atoms with Crippen molar-refractivity contribution >= 4 is 5.97 Å². The van der Waals surface area contributed by atoms with Crippen LogP contribution in [0.25, 0.3) is 0 Å². The molecular weight excluding hydrogens is 247 g/mol. The largest absolute Gasteiger partial charge is 0.462 e. The molecule has 6 heteroatoms. The number of esters is 1. The van der Waals surface area contributed by atoms with E-state index < -0.39 is 24.1 Å². The van der Waals surface area contributed by atoms with Gasteiger partial charge >= 0.3 is 12.1 Å². The van der Waals surface area contributed by atoms with Gasteiger partial charge in [-0.05, 0) is 19.8 Å². The Kier molecular flexibility index (Phi) is 7.28. The minimum atomic E-state index is -4.58. The lowest BCUT2D eigenvalue weighted by Gasteiger charge is -2.25. The Morgan fingerprint density at radius 3 is 2.28 bits per heavy atom. The third kappa shape index (κ3) is 5.71. The van der Waals surface area contributed by atoms with Crippen LogP contribution < -0.4 is 5.73 Å². The van der Waals surface area contributed by atoms with E-state index in [-0.39, 0.29) is 12.5 Å². The second-order valence-electron chi connectivity index (χ2n) is 4.47. The summed E-state index contributed by atoms with van der Waals surface area (Å²) in [5.74, 6) is -2.15. The van der Waals surface area contributed by atoms with Crippen molar-refractivity contribution in [3.05, 3.63) is 0 Å². The van der Waals surface area contributed by atoms with Gasteiger partial charge in [-0.2, -0.15) is 13.2 Å². The quantitative estimate of drug-likeness (QED) is 0.723. The molecule has 0 fully saturated rings. The van der Waals surface area contributed by atoms with E-state index in [0.717, 1.165) is 0 Å². The highest BCUT2D eigenvalue weighted by atomic mass is 19.4. The summed E-state index contributed by atoms with van der Waals surface area (Å²) in [5.41, 5.74) is 5.13. The monoisotopic (exact) mass is 269 g/mol. The highest BCUT2D eigenvalue weighted by Crippen LogP contribution is 2.28. The van der Waals surface area contributed by atoms with Crippen molar-refractivity contribution in [2.45, 2.75) is 64.8 Å². The molecule has 0 amide bonds. The third-order valence-corrected chi connectivity index (χ3v) is 2.88. The van der Waals surface area contributed by atoms with Gasteiger partial charge in [0.1, 0.15) is 6.04 Å². The van der Waals surface area contributed by atoms with Crippen LogP contribution in [-0.2, 0) is 9.53 Å². The number of unbranched alkanes of at least 4 members (excludes halogenated alkanes) is 1. The zero-order valence-corrected chi connectivity index (χ0v) is 11.1. The third-order valence-electron chi connectivity index (χ3n) is 2.88. The van der Waals surface area contributed by atoms with Gasteiger partial charge in [0, 0.05) is 0 Å². The molecule has 0 rings (SSSR count). The lowest BCUT2D eigenvalue weighted by Crippen LogP contribution is -2.47. The van der Waals surface area contributed by atoms with Crippen molar-refractivity contribution in [3.8, 4) is 0 Å². The second-order valence-corrected chi connectivity index (χ2v) is 4.47. The smallest absolute Gasteiger partial charge is 0.404 e. The standard InChI is InChI=1S/C12H22F3NO2/c1-4-6-7-9(10(16)12(13,14)15)11(17)18-8(3)5-2/h8-10H,4-7,16H2,1-3H3/t8?,9-,10-/m1/s1.